The van der Waals surface area contributed by atoms with Crippen molar-refractivity contribution in [1.29, 1.82) is 0 Å². The molecule has 0 spiro atoms. The number of amides is 1. The third-order valence-corrected chi connectivity index (χ3v) is 5.51. The van der Waals surface area contributed by atoms with Crippen molar-refractivity contribution in [3.8, 4) is 11.5 Å². The minimum atomic E-state index is -0.411. The number of carbonyl (C=O) groups excluding carboxylic acids is 1. The van der Waals surface area contributed by atoms with Crippen molar-refractivity contribution >= 4 is 44.9 Å². The van der Waals surface area contributed by atoms with E-state index < -0.39 is 5.63 Å². The number of methoxy groups -OCH3 is 1. The zero-order valence-corrected chi connectivity index (χ0v) is 18.0. The van der Waals surface area contributed by atoms with Gasteiger partial charge in [-0.2, -0.15) is 0 Å². The number of halogens is 1. The smallest absolute Gasteiger partial charge is 0.344 e. The van der Waals surface area contributed by atoms with Gasteiger partial charge in [-0.1, -0.05) is 29.8 Å². The van der Waals surface area contributed by atoms with Crippen LogP contribution in [0.4, 0.5) is 5.69 Å². The molecular formula is C24H20ClNO5. The summed E-state index contributed by atoms with van der Waals surface area (Å²) in [6.45, 7) is 3.40. The van der Waals surface area contributed by atoms with Gasteiger partial charge >= 0.3 is 5.63 Å². The maximum absolute atomic E-state index is 12.5. The third-order valence-electron chi connectivity index (χ3n) is 5.10. The molecule has 4 aromatic rings. The number of rotatable bonds is 5. The number of benzene rings is 3. The molecular weight excluding hydrogens is 418 g/mol. The molecule has 0 aliphatic rings. The van der Waals surface area contributed by atoms with Gasteiger partial charge in [0.05, 0.1) is 18.2 Å². The fourth-order valence-electron chi connectivity index (χ4n) is 3.48. The molecule has 0 fully saturated rings. The normalized spacial score (nSPS) is 11.0. The lowest BCUT2D eigenvalue weighted by molar-refractivity contribution is -0.118. The molecule has 6 nitrogen and oxygen atoms in total. The van der Waals surface area contributed by atoms with E-state index in [9.17, 15) is 9.59 Å². The number of ether oxygens (including phenoxy) is 2. The van der Waals surface area contributed by atoms with E-state index >= 15 is 0 Å². The topological polar surface area (TPSA) is 77.8 Å². The van der Waals surface area contributed by atoms with Crippen LogP contribution in [0.25, 0.3) is 21.7 Å². The molecule has 0 saturated heterocycles. The summed E-state index contributed by atoms with van der Waals surface area (Å²) in [5.74, 6) is 0.555. The first kappa shape index (κ1) is 20.8. The third kappa shape index (κ3) is 3.94. The van der Waals surface area contributed by atoms with Crippen LogP contribution in [0.3, 0.4) is 0 Å². The summed E-state index contributed by atoms with van der Waals surface area (Å²) in [6, 6.07) is 14.3. The zero-order valence-electron chi connectivity index (χ0n) is 17.2. The molecule has 3 aromatic carbocycles. The Bertz CT molecular complexity index is 1380. The maximum atomic E-state index is 12.5. The van der Waals surface area contributed by atoms with E-state index in [0.29, 0.717) is 38.7 Å². The first-order valence-corrected chi connectivity index (χ1v) is 9.98. The fraction of sp³-hybridized carbons (Fsp3) is 0.167. The van der Waals surface area contributed by atoms with Gasteiger partial charge in [-0.3, -0.25) is 4.79 Å². The van der Waals surface area contributed by atoms with Crippen molar-refractivity contribution in [2.45, 2.75) is 13.8 Å². The standard InChI is InChI=1S/C24H20ClNO5/c1-13-10-19(21(29-3)11-18(13)25)26-22(27)12-30-20-9-8-16-15-6-4-5-7-17(15)24(28)31-23(16)14(20)2/h4-11H,12H2,1-3H3,(H,26,27). The molecule has 4 rings (SSSR count). The SMILES string of the molecule is COc1cc(Cl)c(C)cc1NC(=O)COc1ccc2c(oc(=O)c3ccccc32)c1C. The van der Waals surface area contributed by atoms with Crippen molar-refractivity contribution in [3.05, 3.63) is 75.1 Å². The van der Waals surface area contributed by atoms with Gasteiger partial charge in [-0.15, -0.1) is 0 Å². The first-order chi connectivity index (χ1) is 14.9. The number of fused-ring (bicyclic) bond motifs is 3. The molecule has 1 heterocycles. The van der Waals surface area contributed by atoms with E-state index in [-0.39, 0.29) is 12.5 Å². The van der Waals surface area contributed by atoms with Gasteiger partial charge in [0, 0.05) is 22.0 Å². The minimum Gasteiger partial charge on any atom is -0.495 e. The molecule has 158 valence electrons. The average molecular weight is 438 g/mol. The Morgan fingerprint density at radius 2 is 1.77 bits per heavy atom. The molecule has 0 unspecified atom stereocenters. The Hall–Kier alpha value is -3.51. The Balaban J connectivity index is 1.58. The second-order valence-corrected chi connectivity index (χ2v) is 7.55. The van der Waals surface area contributed by atoms with Crippen molar-refractivity contribution in [2.24, 2.45) is 0 Å². The highest BCUT2D eigenvalue weighted by molar-refractivity contribution is 6.31. The zero-order chi connectivity index (χ0) is 22.1. The second-order valence-electron chi connectivity index (χ2n) is 7.14. The van der Waals surface area contributed by atoms with Crippen molar-refractivity contribution in [1.82, 2.24) is 0 Å². The van der Waals surface area contributed by atoms with Crippen molar-refractivity contribution < 1.29 is 18.7 Å². The summed E-state index contributed by atoms with van der Waals surface area (Å²) >= 11 is 6.11. The lowest BCUT2D eigenvalue weighted by Crippen LogP contribution is -2.21. The quantitative estimate of drug-likeness (QED) is 0.341. The molecule has 0 aliphatic heterocycles. The molecule has 0 bridgehead atoms. The summed E-state index contributed by atoms with van der Waals surface area (Å²) in [7, 11) is 1.50. The van der Waals surface area contributed by atoms with E-state index in [1.165, 1.54) is 7.11 Å². The summed E-state index contributed by atoms with van der Waals surface area (Å²) in [6.07, 6.45) is 0. The maximum Gasteiger partial charge on any atom is 0.344 e. The van der Waals surface area contributed by atoms with E-state index in [1.54, 1.807) is 37.3 Å². The highest BCUT2D eigenvalue weighted by Gasteiger charge is 2.15. The first-order valence-electron chi connectivity index (χ1n) is 9.61. The molecule has 0 saturated carbocycles. The number of aryl methyl sites for hydroxylation is 2. The second kappa shape index (κ2) is 8.32. The van der Waals surface area contributed by atoms with Crippen LogP contribution in [-0.4, -0.2) is 19.6 Å². The van der Waals surface area contributed by atoms with Crippen molar-refractivity contribution in [3.63, 3.8) is 0 Å². The van der Waals surface area contributed by atoms with Gasteiger partial charge in [0.15, 0.2) is 6.61 Å². The van der Waals surface area contributed by atoms with Crippen LogP contribution in [0, 0.1) is 13.8 Å². The van der Waals surface area contributed by atoms with E-state index in [4.69, 9.17) is 25.5 Å². The molecule has 0 aliphatic carbocycles. The summed E-state index contributed by atoms with van der Waals surface area (Å²) in [5, 5.41) is 5.46. The fourth-order valence-corrected chi connectivity index (χ4v) is 3.63. The monoisotopic (exact) mass is 437 g/mol. The molecule has 0 radical (unpaired) electrons. The predicted octanol–water partition coefficient (Wildman–Crippen LogP) is 5.24. The molecule has 1 amide bonds. The van der Waals surface area contributed by atoms with Gasteiger partial charge in [-0.05, 0) is 49.1 Å². The Morgan fingerprint density at radius 1 is 1.03 bits per heavy atom. The van der Waals surface area contributed by atoms with E-state index in [1.807, 2.05) is 25.1 Å². The van der Waals surface area contributed by atoms with Crippen LogP contribution >= 0.6 is 11.6 Å². The lowest BCUT2D eigenvalue weighted by Gasteiger charge is -2.14. The van der Waals surface area contributed by atoms with Gasteiger partial charge in [0.1, 0.15) is 17.1 Å². The molecule has 7 heteroatoms. The Kier molecular flexibility index (Phi) is 5.57. The van der Waals surface area contributed by atoms with Crippen molar-refractivity contribution in [2.75, 3.05) is 19.0 Å². The highest BCUT2D eigenvalue weighted by atomic mass is 35.5. The van der Waals surface area contributed by atoms with Crippen LogP contribution < -0.4 is 20.4 Å². The van der Waals surface area contributed by atoms with E-state index in [0.717, 1.165) is 16.3 Å². The number of nitrogens with one attached hydrogen (secondary N) is 1. The minimum absolute atomic E-state index is 0.227. The highest BCUT2D eigenvalue weighted by Crippen LogP contribution is 2.32. The number of carbonyl (C=O) groups is 1. The van der Waals surface area contributed by atoms with Crippen LogP contribution in [0.1, 0.15) is 11.1 Å². The van der Waals surface area contributed by atoms with Crippen LogP contribution in [0.5, 0.6) is 11.5 Å². The number of hydrogen-bond donors (Lipinski definition) is 1. The predicted molar refractivity (Wildman–Crippen MR) is 122 cm³/mol. The van der Waals surface area contributed by atoms with Gasteiger partial charge in [0.2, 0.25) is 0 Å². The summed E-state index contributed by atoms with van der Waals surface area (Å²) < 4.78 is 16.5. The van der Waals surface area contributed by atoms with Gasteiger partial charge < -0.3 is 19.2 Å². The molecule has 0 atom stereocenters. The lowest BCUT2D eigenvalue weighted by atomic mass is 10.0. The largest absolute Gasteiger partial charge is 0.495 e. The van der Waals surface area contributed by atoms with Crippen LogP contribution in [0.2, 0.25) is 5.02 Å². The molecule has 31 heavy (non-hydrogen) atoms. The molecule has 1 N–H and O–H groups in total. The van der Waals surface area contributed by atoms with Crippen LogP contribution in [0.15, 0.2) is 57.7 Å². The number of hydrogen-bond acceptors (Lipinski definition) is 5. The Morgan fingerprint density at radius 3 is 2.52 bits per heavy atom. The van der Waals surface area contributed by atoms with Crippen LogP contribution in [-0.2, 0) is 4.79 Å². The number of anilines is 1. The average Bonchev–Trinajstić information content (AvgIpc) is 2.76. The molecule has 1 aromatic heterocycles. The van der Waals surface area contributed by atoms with E-state index in [2.05, 4.69) is 5.32 Å². The summed E-state index contributed by atoms with van der Waals surface area (Å²) in [4.78, 5) is 24.8. The summed E-state index contributed by atoms with van der Waals surface area (Å²) in [5.41, 5.74) is 1.99. The van der Waals surface area contributed by atoms with Gasteiger partial charge in [-0.25, -0.2) is 4.79 Å². The Labute approximate surface area is 183 Å². The van der Waals surface area contributed by atoms with Gasteiger partial charge in [0.25, 0.3) is 5.91 Å².